The molecule has 1 aliphatic rings. The highest BCUT2D eigenvalue weighted by atomic mass is 19.4. The summed E-state index contributed by atoms with van der Waals surface area (Å²) in [7, 11) is 0. The zero-order chi connectivity index (χ0) is 18.1. The number of allylic oxidation sites excluding steroid dienone is 2. The molecule has 1 unspecified atom stereocenters. The number of alkyl halides is 3. The molecule has 2 rings (SSSR count). The average molecular weight is 348 g/mol. The van der Waals surface area contributed by atoms with Crippen molar-refractivity contribution in [2.24, 2.45) is 0 Å². The normalized spacial score (nSPS) is 19.7. The Morgan fingerprint density at radius 2 is 1.79 bits per heavy atom. The van der Waals surface area contributed by atoms with Crippen LogP contribution >= 0.6 is 0 Å². The van der Waals surface area contributed by atoms with Crippen molar-refractivity contribution in [3.8, 4) is 0 Å². The van der Waals surface area contributed by atoms with Gasteiger partial charge in [-0.05, 0) is 30.5 Å². The van der Waals surface area contributed by atoms with Crippen molar-refractivity contribution in [1.29, 1.82) is 0 Å². The van der Waals surface area contributed by atoms with E-state index in [2.05, 4.69) is 5.32 Å². The Kier molecular flexibility index (Phi) is 4.32. The maximum Gasteiger partial charge on any atom is 0.419 e. The third-order valence-electron chi connectivity index (χ3n) is 3.14. The van der Waals surface area contributed by atoms with Crippen molar-refractivity contribution in [3.63, 3.8) is 0 Å². The van der Waals surface area contributed by atoms with Crippen molar-refractivity contribution >= 4 is 11.9 Å². The van der Waals surface area contributed by atoms with E-state index in [0.29, 0.717) is 6.07 Å². The van der Waals surface area contributed by atoms with E-state index in [4.69, 9.17) is 0 Å². The van der Waals surface area contributed by atoms with E-state index in [1.807, 2.05) is 5.32 Å². The SMILES string of the molecule is O=C(NC1(C(=O)O)C=CC=CN1)c1ccc(C(F)(F)F)c(F)c1F. The van der Waals surface area contributed by atoms with E-state index in [-0.39, 0.29) is 6.07 Å². The van der Waals surface area contributed by atoms with Crippen LogP contribution < -0.4 is 10.6 Å². The monoisotopic (exact) mass is 348 g/mol. The molecule has 0 spiro atoms. The van der Waals surface area contributed by atoms with Crippen molar-refractivity contribution in [2.75, 3.05) is 0 Å². The fourth-order valence-corrected chi connectivity index (χ4v) is 1.94. The van der Waals surface area contributed by atoms with E-state index in [9.17, 15) is 36.6 Å². The molecule has 1 atom stereocenters. The minimum atomic E-state index is -5.14. The lowest BCUT2D eigenvalue weighted by Gasteiger charge is -2.29. The van der Waals surface area contributed by atoms with Crippen LogP contribution in [0.2, 0.25) is 0 Å². The van der Waals surface area contributed by atoms with Gasteiger partial charge in [0.2, 0.25) is 5.66 Å². The third-order valence-corrected chi connectivity index (χ3v) is 3.14. The van der Waals surface area contributed by atoms with Gasteiger partial charge >= 0.3 is 12.1 Å². The predicted molar refractivity (Wildman–Crippen MR) is 70.6 cm³/mol. The smallest absolute Gasteiger partial charge is 0.419 e. The molecule has 1 aliphatic heterocycles. The molecule has 0 fully saturated rings. The maximum absolute atomic E-state index is 13.8. The molecule has 0 saturated carbocycles. The molecule has 0 saturated heterocycles. The van der Waals surface area contributed by atoms with Crippen LogP contribution in [0.25, 0.3) is 0 Å². The predicted octanol–water partition coefficient (Wildman–Crippen LogP) is 2.17. The summed E-state index contributed by atoms with van der Waals surface area (Å²) in [6.07, 6.45) is -0.259. The number of carbonyl (C=O) groups is 2. The first-order valence-electron chi connectivity index (χ1n) is 6.31. The Morgan fingerprint density at radius 1 is 1.12 bits per heavy atom. The number of halogens is 5. The number of carboxylic acid groups (broad SMARTS) is 1. The number of amides is 1. The second-order valence-electron chi connectivity index (χ2n) is 4.72. The summed E-state index contributed by atoms with van der Waals surface area (Å²) < 4.78 is 64.8. The largest absolute Gasteiger partial charge is 0.478 e. The quantitative estimate of drug-likeness (QED) is 0.732. The van der Waals surface area contributed by atoms with Crippen molar-refractivity contribution in [2.45, 2.75) is 11.8 Å². The van der Waals surface area contributed by atoms with E-state index in [1.54, 1.807) is 0 Å². The lowest BCUT2D eigenvalue weighted by molar-refractivity contribution is -0.143. The minimum absolute atomic E-state index is 0.199. The van der Waals surface area contributed by atoms with Gasteiger partial charge in [-0.25, -0.2) is 13.6 Å². The van der Waals surface area contributed by atoms with Crippen LogP contribution in [-0.4, -0.2) is 22.6 Å². The second kappa shape index (κ2) is 5.95. The first-order chi connectivity index (χ1) is 11.1. The molecule has 0 aliphatic carbocycles. The number of benzene rings is 1. The summed E-state index contributed by atoms with van der Waals surface area (Å²) in [5.41, 5.74) is -5.08. The van der Waals surface area contributed by atoms with Gasteiger partial charge in [0.1, 0.15) is 0 Å². The number of hydrogen-bond acceptors (Lipinski definition) is 3. The van der Waals surface area contributed by atoms with Crippen LogP contribution in [0.3, 0.4) is 0 Å². The molecule has 0 bridgehead atoms. The van der Waals surface area contributed by atoms with Gasteiger partial charge in [0, 0.05) is 0 Å². The highest BCUT2D eigenvalue weighted by Gasteiger charge is 2.40. The van der Waals surface area contributed by atoms with E-state index in [1.165, 1.54) is 18.4 Å². The van der Waals surface area contributed by atoms with Crippen LogP contribution in [0.1, 0.15) is 15.9 Å². The molecule has 0 aromatic heterocycles. The molecule has 24 heavy (non-hydrogen) atoms. The van der Waals surface area contributed by atoms with Gasteiger partial charge in [0.15, 0.2) is 11.6 Å². The van der Waals surface area contributed by atoms with Crippen molar-refractivity contribution in [1.82, 2.24) is 10.6 Å². The van der Waals surface area contributed by atoms with Gasteiger partial charge in [-0.3, -0.25) is 4.79 Å². The maximum atomic E-state index is 13.8. The number of carbonyl (C=O) groups excluding carboxylic acids is 1. The van der Waals surface area contributed by atoms with Crippen molar-refractivity contribution < 1.29 is 36.6 Å². The average Bonchev–Trinajstić information content (AvgIpc) is 2.49. The third kappa shape index (κ3) is 3.07. The first kappa shape index (κ1) is 17.4. The number of nitrogens with one attached hydrogen (secondary N) is 2. The summed E-state index contributed by atoms with van der Waals surface area (Å²) in [6.45, 7) is 0. The molecule has 5 nitrogen and oxygen atoms in total. The highest BCUT2D eigenvalue weighted by Crippen LogP contribution is 2.33. The summed E-state index contributed by atoms with van der Waals surface area (Å²) >= 11 is 0. The summed E-state index contributed by atoms with van der Waals surface area (Å²) in [6, 6.07) is 0.624. The molecule has 1 aromatic carbocycles. The Labute approximate surface area is 131 Å². The molecule has 1 heterocycles. The second-order valence-corrected chi connectivity index (χ2v) is 4.72. The highest BCUT2D eigenvalue weighted by molar-refractivity contribution is 5.99. The fourth-order valence-electron chi connectivity index (χ4n) is 1.94. The van der Waals surface area contributed by atoms with Gasteiger partial charge in [-0.1, -0.05) is 6.08 Å². The van der Waals surface area contributed by atoms with Crippen LogP contribution in [0, 0.1) is 11.6 Å². The van der Waals surface area contributed by atoms with Gasteiger partial charge < -0.3 is 15.7 Å². The van der Waals surface area contributed by atoms with Crippen LogP contribution in [0.5, 0.6) is 0 Å². The Bertz CT molecular complexity index is 758. The molecule has 1 amide bonds. The first-order valence-corrected chi connectivity index (χ1v) is 6.31. The fraction of sp³-hybridized carbons (Fsp3) is 0.143. The number of dihydropyridines is 1. The Morgan fingerprint density at radius 3 is 2.29 bits per heavy atom. The lowest BCUT2D eigenvalue weighted by Crippen LogP contribution is -2.62. The number of carboxylic acids is 1. The van der Waals surface area contributed by atoms with Crippen LogP contribution in [-0.2, 0) is 11.0 Å². The summed E-state index contributed by atoms with van der Waals surface area (Å²) in [5.74, 6) is -7.25. The molecule has 0 radical (unpaired) electrons. The topological polar surface area (TPSA) is 78.4 Å². The van der Waals surface area contributed by atoms with Gasteiger partial charge in [-0.2, -0.15) is 13.2 Å². The van der Waals surface area contributed by atoms with E-state index >= 15 is 0 Å². The van der Waals surface area contributed by atoms with Crippen LogP contribution in [0.15, 0.2) is 36.6 Å². The molecule has 3 N–H and O–H groups in total. The summed E-state index contributed by atoms with van der Waals surface area (Å²) in [4.78, 5) is 23.3. The molecule has 128 valence electrons. The Hall–Kier alpha value is -2.91. The van der Waals surface area contributed by atoms with Crippen LogP contribution in [0.4, 0.5) is 22.0 Å². The van der Waals surface area contributed by atoms with Gasteiger partial charge in [0.05, 0.1) is 11.1 Å². The van der Waals surface area contributed by atoms with Gasteiger partial charge in [-0.15, -0.1) is 0 Å². The number of rotatable bonds is 3. The van der Waals surface area contributed by atoms with Crippen molar-refractivity contribution in [3.05, 3.63) is 59.3 Å². The molecule has 1 aromatic rings. The molecular formula is C14H9F5N2O3. The Balaban J connectivity index is 2.37. The molecule has 10 heteroatoms. The number of aliphatic carboxylic acids is 1. The summed E-state index contributed by atoms with van der Waals surface area (Å²) in [5, 5.41) is 13.4. The lowest BCUT2D eigenvalue weighted by atomic mass is 10.1. The zero-order valence-electron chi connectivity index (χ0n) is 11.6. The minimum Gasteiger partial charge on any atom is -0.478 e. The van der Waals surface area contributed by atoms with E-state index < -0.39 is 46.5 Å². The number of hydrogen-bond donors (Lipinski definition) is 3. The van der Waals surface area contributed by atoms with Gasteiger partial charge in [0.25, 0.3) is 5.91 Å². The molecular weight excluding hydrogens is 339 g/mol. The standard InChI is InChI=1S/C14H9F5N2O3/c15-9-7(3-4-8(10(9)16)14(17,18)19)11(22)21-13(12(23)24)5-1-2-6-20-13/h1-6,20H,(H,21,22)(H,23,24). The van der Waals surface area contributed by atoms with E-state index in [0.717, 1.165) is 6.08 Å². The zero-order valence-corrected chi connectivity index (χ0v) is 11.6.